The van der Waals surface area contributed by atoms with Crippen LogP contribution in [-0.4, -0.2) is 43.3 Å². The van der Waals surface area contributed by atoms with Gasteiger partial charge in [0, 0.05) is 30.2 Å². The number of aliphatic hydroxyl groups is 1. The molecule has 0 fully saturated rings. The molecule has 0 aliphatic heterocycles. The van der Waals surface area contributed by atoms with Crippen molar-refractivity contribution in [1.29, 1.82) is 0 Å². The highest BCUT2D eigenvalue weighted by Gasteiger charge is 2.34. The van der Waals surface area contributed by atoms with Gasteiger partial charge in [0.15, 0.2) is 0 Å². The number of benzene rings is 2. The van der Waals surface area contributed by atoms with Crippen molar-refractivity contribution in [3.8, 4) is 11.3 Å². The highest BCUT2D eigenvalue weighted by atomic mass is 19.4. The van der Waals surface area contributed by atoms with Gasteiger partial charge in [0.05, 0.1) is 11.8 Å². The molecule has 0 bridgehead atoms. The van der Waals surface area contributed by atoms with Gasteiger partial charge in [-0.1, -0.05) is 42.5 Å². The van der Waals surface area contributed by atoms with Crippen LogP contribution in [0.5, 0.6) is 0 Å². The van der Waals surface area contributed by atoms with Crippen LogP contribution in [0.1, 0.15) is 28.8 Å². The number of alkyl halides is 3. The van der Waals surface area contributed by atoms with Crippen LogP contribution >= 0.6 is 0 Å². The maximum Gasteiger partial charge on any atom is 0.433 e. The van der Waals surface area contributed by atoms with E-state index in [-0.39, 0.29) is 23.5 Å². The second kappa shape index (κ2) is 11.3. The van der Waals surface area contributed by atoms with E-state index < -0.39 is 30.0 Å². The summed E-state index contributed by atoms with van der Waals surface area (Å²) in [7, 11) is 0. The van der Waals surface area contributed by atoms with E-state index >= 15 is 0 Å². The first-order valence-corrected chi connectivity index (χ1v) is 12.7. The Morgan fingerprint density at radius 2 is 1.85 bits per heavy atom. The second-order valence-corrected chi connectivity index (χ2v) is 9.57. The standard InChI is InChI=1S/C29H26F3N5O3/c30-29(31,32)25-12-11-20(27(37-25)36-24(28(39)40)13-17-5-2-1-3-6-17)23-15-26(34-16-33-23)35-22-8-4-7-18-9-10-19(38)14-21(18)22/h1-8,11-12,15-16,19,24,38H,9-10,13-14H2,(H,36,37)(H,39,40)(H,33,34,35)/t19-,24-/m0/s1. The fourth-order valence-electron chi connectivity index (χ4n) is 4.75. The van der Waals surface area contributed by atoms with Crippen LogP contribution in [0.15, 0.2) is 73.1 Å². The summed E-state index contributed by atoms with van der Waals surface area (Å²) in [6.07, 6.45) is -1.96. The minimum Gasteiger partial charge on any atom is -0.480 e. The number of rotatable bonds is 8. The first-order chi connectivity index (χ1) is 19.2. The molecule has 11 heteroatoms. The maximum atomic E-state index is 13.6. The number of aryl methyl sites for hydroxylation is 1. The Balaban J connectivity index is 1.49. The summed E-state index contributed by atoms with van der Waals surface area (Å²) in [6.45, 7) is 0. The van der Waals surface area contributed by atoms with Crippen molar-refractivity contribution in [2.45, 2.75) is 44.0 Å². The molecule has 0 saturated heterocycles. The monoisotopic (exact) mass is 549 g/mol. The van der Waals surface area contributed by atoms with Crippen LogP contribution < -0.4 is 10.6 Å². The molecule has 5 rings (SSSR count). The molecule has 2 heterocycles. The van der Waals surface area contributed by atoms with Crippen LogP contribution in [0.3, 0.4) is 0 Å². The fourth-order valence-corrected chi connectivity index (χ4v) is 4.75. The summed E-state index contributed by atoms with van der Waals surface area (Å²) >= 11 is 0. The van der Waals surface area contributed by atoms with Gasteiger partial charge in [-0.2, -0.15) is 13.2 Å². The minimum absolute atomic E-state index is 0.0229. The zero-order valence-corrected chi connectivity index (χ0v) is 21.2. The molecule has 4 aromatic rings. The predicted molar refractivity (Wildman–Crippen MR) is 143 cm³/mol. The predicted octanol–water partition coefficient (Wildman–Crippen LogP) is 5.26. The van der Waals surface area contributed by atoms with Crippen molar-refractivity contribution in [3.63, 3.8) is 0 Å². The number of halogens is 3. The van der Waals surface area contributed by atoms with E-state index in [1.165, 1.54) is 12.4 Å². The van der Waals surface area contributed by atoms with Gasteiger partial charge in [0.2, 0.25) is 0 Å². The lowest BCUT2D eigenvalue weighted by atomic mass is 9.88. The molecule has 0 radical (unpaired) electrons. The normalized spacial score (nSPS) is 15.7. The van der Waals surface area contributed by atoms with Crippen LogP contribution in [-0.2, 0) is 30.2 Å². The Labute approximate surface area is 228 Å². The lowest BCUT2D eigenvalue weighted by molar-refractivity contribution is -0.141. The smallest absolute Gasteiger partial charge is 0.433 e. The molecule has 2 atom stereocenters. The summed E-state index contributed by atoms with van der Waals surface area (Å²) in [5, 5.41) is 25.9. The summed E-state index contributed by atoms with van der Waals surface area (Å²) in [4.78, 5) is 24.3. The first kappa shape index (κ1) is 27.1. The third-order valence-corrected chi connectivity index (χ3v) is 6.74. The number of anilines is 3. The number of carbonyl (C=O) groups is 1. The Hall–Kier alpha value is -4.51. The SMILES string of the molecule is O=C(O)[C@H](Cc1ccccc1)Nc1nc(C(F)(F)F)ccc1-c1cc(Nc2cccc3c2C[C@@H](O)CC3)ncn1. The van der Waals surface area contributed by atoms with Crippen molar-refractivity contribution >= 4 is 23.3 Å². The van der Waals surface area contributed by atoms with Gasteiger partial charge in [0.25, 0.3) is 0 Å². The lowest BCUT2D eigenvalue weighted by Gasteiger charge is -2.23. The molecule has 2 aromatic heterocycles. The van der Waals surface area contributed by atoms with Crippen molar-refractivity contribution < 1.29 is 28.2 Å². The lowest BCUT2D eigenvalue weighted by Crippen LogP contribution is -2.32. The van der Waals surface area contributed by atoms with Crippen molar-refractivity contribution in [2.75, 3.05) is 10.6 Å². The fraction of sp³-hybridized carbons (Fsp3) is 0.241. The average molecular weight is 550 g/mol. The van der Waals surface area contributed by atoms with Crippen molar-refractivity contribution in [2.24, 2.45) is 0 Å². The number of hydrogen-bond acceptors (Lipinski definition) is 7. The van der Waals surface area contributed by atoms with Crippen LogP contribution in [0.4, 0.5) is 30.5 Å². The maximum absolute atomic E-state index is 13.6. The summed E-state index contributed by atoms with van der Waals surface area (Å²) in [6, 6.07) is 16.9. The number of fused-ring (bicyclic) bond motifs is 1. The second-order valence-electron chi connectivity index (χ2n) is 9.57. The Morgan fingerprint density at radius 3 is 2.60 bits per heavy atom. The third kappa shape index (κ3) is 6.20. The van der Waals surface area contributed by atoms with E-state index in [1.54, 1.807) is 36.4 Å². The van der Waals surface area contributed by atoms with Crippen molar-refractivity contribution in [3.05, 3.63) is 95.4 Å². The highest BCUT2D eigenvalue weighted by Crippen LogP contribution is 2.35. The van der Waals surface area contributed by atoms with Gasteiger partial charge in [-0.3, -0.25) is 0 Å². The van der Waals surface area contributed by atoms with Crippen LogP contribution in [0.2, 0.25) is 0 Å². The summed E-state index contributed by atoms with van der Waals surface area (Å²) in [5.41, 5.74) is 2.83. The molecule has 0 amide bonds. The largest absolute Gasteiger partial charge is 0.480 e. The third-order valence-electron chi connectivity index (χ3n) is 6.74. The van der Waals surface area contributed by atoms with Gasteiger partial charge >= 0.3 is 12.1 Å². The van der Waals surface area contributed by atoms with Gasteiger partial charge in [0.1, 0.15) is 29.7 Å². The zero-order chi connectivity index (χ0) is 28.3. The van der Waals surface area contributed by atoms with Crippen molar-refractivity contribution in [1.82, 2.24) is 15.0 Å². The number of aromatic nitrogens is 3. The van der Waals surface area contributed by atoms with Gasteiger partial charge < -0.3 is 20.8 Å². The first-order valence-electron chi connectivity index (χ1n) is 12.7. The number of aliphatic carboxylic acids is 1. The van der Waals surface area contributed by atoms with Crippen LogP contribution in [0.25, 0.3) is 11.3 Å². The molecule has 4 N–H and O–H groups in total. The van der Waals surface area contributed by atoms with E-state index in [2.05, 4.69) is 25.6 Å². The van der Waals surface area contributed by atoms with E-state index in [0.717, 1.165) is 29.3 Å². The van der Waals surface area contributed by atoms with E-state index in [1.807, 2.05) is 18.2 Å². The number of nitrogens with zero attached hydrogens (tertiary/aromatic N) is 3. The Bertz CT molecular complexity index is 1510. The molecule has 40 heavy (non-hydrogen) atoms. The molecule has 0 spiro atoms. The number of carboxylic acids is 1. The summed E-state index contributed by atoms with van der Waals surface area (Å²) < 4.78 is 40.7. The molecular formula is C29H26F3N5O3. The van der Waals surface area contributed by atoms with Crippen LogP contribution in [0, 0.1) is 0 Å². The highest BCUT2D eigenvalue weighted by molar-refractivity contribution is 5.81. The van der Waals surface area contributed by atoms with Gasteiger partial charge in [-0.25, -0.2) is 19.7 Å². The van der Waals surface area contributed by atoms with E-state index in [9.17, 15) is 28.2 Å². The molecule has 1 aliphatic carbocycles. The Morgan fingerprint density at radius 1 is 1.05 bits per heavy atom. The minimum atomic E-state index is -4.73. The molecule has 1 aliphatic rings. The van der Waals surface area contributed by atoms with E-state index in [0.29, 0.717) is 24.2 Å². The van der Waals surface area contributed by atoms with E-state index in [4.69, 9.17) is 0 Å². The molecule has 2 aromatic carbocycles. The topological polar surface area (TPSA) is 120 Å². The number of hydrogen-bond donors (Lipinski definition) is 4. The molecular weight excluding hydrogens is 523 g/mol. The van der Waals surface area contributed by atoms with Gasteiger partial charge in [-0.15, -0.1) is 0 Å². The Kier molecular flexibility index (Phi) is 7.65. The average Bonchev–Trinajstić information content (AvgIpc) is 2.93. The number of aliphatic hydroxyl groups excluding tert-OH is 1. The van der Waals surface area contributed by atoms with Gasteiger partial charge in [-0.05, 0) is 47.7 Å². The number of nitrogens with one attached hydrogen (secondary N) is 2. The molecule has 206 valence electrons. The number of carboxylic acid groups (broad SMARTS) is 1. The molecule has 0 unspecified atom stereocenters. The zero-order valence-electron chi connectivity index (χ0n) is 21.2. The molecule has 0 saturated carbocycles. The molecule has 8 nitrogen and oxygen atoms in total. The number of pyridine rings is 1. The summed E-state index contributed by atoms with van der Waals surface area (Å²) in [5.74, 6) is -1.12. The quantitative estimate of drug-likeness (QED) is 0.235.